The smallest absolute Gasteiger partial charge is 0.269 e. The van der Waals surface area contributed by atoms with Crippen LogP contribution in [0.1, 0.15) is 30.8 Å². The Morgan fingerprint density at radius 2 is 1.86 bits per heavy atom. The van der Waals surface area contributed by atoms with Crippen LogP contribution >= 0.6 is 0 Å². The maximum atomic E-state index is 10.7. The third-order valence-electron chi connectivity index (χ3n) is 3.59. The van der Waals surface area contributed by atoms with Crippen molar-refractivity contribution in [1.82, 2.24) is 10.3 Å². The number of nitrogens with zero attached hydrogens (tertiary/aromatic N) is 2. The van der Waals surface area contributed by atoms with Gasteiger partial charge >= 0.3 is 0 Å². The standard InChI is InChI=1S/C16H19N3O3/c1-11-4-9-15(20)14(18-11)10-17-16(2,3)12-5-7-13(8-6-12)19(21)22/h4-9,17,20H,10H2,1-3H3. The number of pyridine rings is 1. The second kappa shape index (κ2) is 6.11. The van der Waals surface area contributed by atoms with Gasteiger partial charge in [0.2, 0.25) is 0 Å². The van der Waals surface area contributed by atoms with Crippen molar-refractivity contribution in [3.8, 4) is 5.75 Å². The average molecular weight is 301 g/mol. The summed E-state index contributed by atoms with van der Waals surface area (Å²) < 4.78 is 0. The number of aromatic hydroxyl groups is 1. The van der Waals surface area contributed by atoms with E-state index in [-0.39, 0.29) is 11.4 Å². The number of nitrogens with one attached hydrogen (secondary N) is 1. The number of rotatable bonds is 5. The molecular weight excluding hydrogens is 282 g/mol. The van der Waals surface area contributed by atoms with E-state index in [1.54, 1.807) is 24.3 Å². The number of hydrogen-bond acceptors (Lipinski definition) is 5. The molecule has 0 radical (unpaired) electrons. The molecule has 1 aromatic carbocycles. The fourth-order valence-electron chi connectivity index (χ4n) is 2.14. The van der Waals surface area contributed by atoms with Crippen molar-refractivity contribution in [3.63, 3.8) is 0 Å². The molecule has 0 bridgehead atoms. The topological polar surface area (TPSA) is 88.3 Å². The molecule has 6 nitrogen and oxygen atoms in total. The van der Waals surface area contributed by atoms with Crippen molar-refractivity contribution in [1.29, 1.82) is 0 Å². The van der Waals surface area contributed by atoms with Gasteiger partial charge < -0.3 is 10.4 Å². The summed E-state index contributed by atoms with van der Waals surface area (Å²) in [6.07, 6.45) is 0. The molecule has 0 saturated heterocycles. The van der Waals surface area contributed by atoms with E-state index in [0.717, 1.165) is 11.3 Å². The Labute approximate surface area is 129 Å². The van der Waals surface area contributed by atoms with Crippen molar-refractivity contribution in [2.45, 2.75) is 32.9 Å². The van der Waals surface area contributed by atoms with Crippen LogP contribution in [0.5, 0.6) is 5.75 Å². The summed E-state index contributed by atoms with van der Waals surface area (Å²) in [7, 11) is 0. The van der Waals surface area contributed by atoms with Crippen LogP contribution in [0.15, 0.2) is 36.4 Å². The van der Waals surface area contributed by atoms with Crippen LogP contribution in [0, 0.1) is 17.0 Å². The summed E-state index contributed by atoms with van der Waals surface area (Å²) in [6, 6.07) is 9.81. The summed E-state index contributed by atoms with van der Waals surface area (Å²) in [4.78, 5) is 14.6. The number of non-ortho nitro benzene ring substituents is 1. The molecule has 22 heavy (non-hydrogen) atoms. The van der Waals surface area contributed by atoms with Gasteiger partial charge in [-0.25, -0.2) is 0 Å². The molecule has 0 aliphatic carbocycles. The SMILES string of the molecule is Cc1ccc(O)c(CNC(C)(C)c2ccc([N+](=O)[O-])cc2)n1. The number of aromatic nitrogens is 1. The lowest BCUT2D eigenvalue weighted by Gasteiger charge is -2.27. The molecule has 0 atom stereocenters. The molecule has 0 saturated carbocycles. The molecule has 0 aliphatic heterocycles. The molecule has 1 aromatic heterocycles. The van der Waals surface area contributed by atoms with Crippen LogP contribution in [0.25, 0.3) is 0 Å². The second-order valence-corrected chi connectivity index (χ2v) is 5.70. The minimum absolute atomic E-state index is 0.0672. The van der Waals surface area contributed by atoms with E-state index in [2.05, 4.69) is 10.3 Å². The maximum absolute atomic E-state index is 10.7. The van der Waals surface area contributed by atoms with Gasteiger partial charge in [-0.3, -0.25) is 15.1 Å². The average Bonchev–Trinajstić information content (AvgIpc) is 2.48. The summed E-state index contributed by atoms with van der Waals surface area (Å²) >= 11 is 0. The Balaban J connectivity index is 2.13. The van der Waals surface area contributed by atoms with E-state index in [4.69, 9.17) is 0 Å². The van der Waals surface area contributed by atoms with Gasteiger partial charge in [0, 0.05) is 29.9 Å². The summed E-state index contributed by atoms with van der Waals surface area (Å²) in [5, 5.41) is 23.8. The number of nitro benzene ring substituents is 1. The van der Waals surface area contributed by atoms with E-state index < -0.39 is 10.5 Å². The summed E-state index contributed by atoms with van der Waals surface area (Å²) in [5.41, 5.74) is 1.99. The highest BCUT2D eigenvalue weighted by atomic mass is 16.6. The van der Waals surface area contributed by atoms with E-state index in [9.17, 15) is 15.2 Å². The first-order valence-corrected chi connectivity index (χ1v) is 6.95. The fraction of sp³-hybridized carbons (Fsp3) is 0.312. The third-order valence-corrected chi connectivity index (χ3v) is 3.59. The lowest BCUT2D eigenvalue weighted by molar-refractivity contribution is -0.384. The van der Waals surface area contributed by atoms with Crippen LogP contribution in [0.3, 0.4) is 0 Å². The van der Waals surface area contributed by atoms with E-state index in [1.807, 2.05) is 20.8 Å². The first-order chi connectivity index (χ1) is 10.3. The van der Waals surface area contributed by atoms with Crippen molar-refractivity contribution >= 4 is 5.69 Å². The largest absolute Gasteiger partial charge is 0.506 e. The van der Waals surface area contributed by atoms with Gasteiger partial charge in [-0.15, -0.1) is 0 Å². The Morgan fingerprint density at radius 3 is 2.45 bits per heavy atom. The van der Waals surface area contributed by atoms with Crippen molar-refractivity contribution in [3.05, 3.63) is 63.5 Å². The molecule has 2 N–H and O–H groups in total. The molecule has 1 heterocycles. The predicted molar refractivity (Wildman–Crippen MR) is 83.6 cm³/mol. The van der Waals surface area contributed by atoms with Crippen LogP contribution in [0.4, 0.5) is 5.69 Å². The minimum Gasteiger partial charge on any atom is -0.506 e. The minimum atomic E-state index is -0.418. The molecule has 6 heteroatoms. The molecule has 2 aromatic rings. The fourth-order valence-corrected chi connectivity index (χ4v) is 2.14. The lowest BCUT2D eigenvalue weighted by Crippen LogP contribution is -2.36. The molecule has 0 spiro atoms. The predicted octanol–water partition coefficient (Wildman–Crippen LogP) is 3.03. The molecule has 2 rings (SSSR count). The highest BCUT2D eigenvalue weighted by Gasteiger charge is 2.21. The lowest BCUT2D eigenvalue weighted by atomic mass is 9.94. The normalized spacial score (nSPS) is 11.4. The zero-order valence-corrected chi connectivity index (χ0v) is 12.8. The Morgan fingerprint density at radius 1 is 1.23 bits per heavy atom. The monoisotopic (exact) mass is 301 g/mol. The van der Waals surface area contributed by atoms with Crippen LogP contribution in [-0.2, 0) is 12.1 Å². The van der Waals surface area contributed by atoms with Gasteiger partial charge in [0.25, 0.3) is 5.69 Å². The van der Waals surface area contributed by atoms with E-state index in [0.29, 0.717) is 12.2 Å². The molecule has 0 amide bonds. The van der Waals surface area contributed by atoms with Crippen molar-refractivity contribution in [2.24, 2.45) is 0 Å². The Bertz CT molecular complexity index is 682. The zero-order chi connectivity index (χ0) is 16.3. The first kappa shape index (κ1) is 15.9. The van der Waals surface area contributed by atoms with Gasteiger partial charge in [0.15, 0.2) is 0 Å². The molecule has 116 valence electrons. The molecule has 0 aliphatic rings. The Kier molecular flexibility index (Phi) is 4.42. The Hall–Kier alpha value is -2.47. The second-order valence-electron chi connectivity index (χ2n) is 5.70. The molecule has 0 fully saturated rings. The van der Waals surface area contributed by atoms with Crippen molar-refractivity contribution in [2.75, 3.05) is 0 Å². The molecular formula is C16H19N3O3. The van der Waals surface area contributed by atoms with Gasteiger partial charge in [0.1, 0.15) is 5.75 Å². The van der Waals surface area contributed by atoms with E-state index >= 15 is 0 Å². The van der Waals surface area contributed by atoms with Gasteiger partial charge in [-0.05, 0) is 38.5 Å². The van der Waals surface area contributed by atoms with Crippen LogP contribution in [-0.4, -0.2) is 15.0 Å². The quantitative estimate of drug-likeness (QED) is 0.654. The number of aryl methyl sites for hydroxylation is 1. The van der Waals surface area contributed by atoms with Gasteiger partial charge in [0.05, 0.1) is 10.6 Å². The third kappa shape index (κ3) is 3.59. The number of benzene rings is 1. The van der Waals surface area contributed by atoms with Crippen LogP contribution < -0.4 is 5.32 Å². The zero-order valence-electron chi connectivity index (χ0n) is 12.8. The highest BCUT2D eigenvalue weighted by Crippen LogP contribution is 2.24. The van der Waals surface area contributed by atoms with Crippen LogP contribution in [0.2, 0.25) is 0 Å². The summed E-state index contributed by atoms with van der Waals surface area (Å²) in [5.74, 6) is 0.151. The van der Waals surface area contributed by atoms with E-state index in [1.165, 1.54) is 12.1 Å². The number of hydrogen-bond donors (Lipinski definition) is 2. The van der Waals surface area contributed by atoms with Gasteiger partial charge in [-0.2, -0.15) is 0 Å². The number of nitro groups is 1. The van der Waals surface area contributed by atoms with Gasteiger partial charge in [-0.1, -0.05) is 12.1 Å². The highest BCUT2D eigenvalue weighted by molar-refractivity contribution is 5.36. The maximum Gasteiger partial charge on any atom is 0.269 e. The first-order valence-electron chi connectivity index (χ1n) is 6.95. The van der Waals surface area contributed by atoms with Crippen molar-refractivity contribution < 1.29 is 10.0 Å². The summed E-state index contributed by atoms with van der Waals surface area (Å²) in [6.45, 7) is 6.21. The molecule has 0 unspecified atom stereocenters.